The molecule has 0 aromatic rings. The van der Waals surface area contributed by atoms with Crippen LogP contribution in [0, 0.1) is 0 Å². The molecule has 0 bridgehead atoms. The number of hydrogen-bond acceptors (Lipinski definition) is 4. The first kappa shape index (κ1) is 9.35. The van der Waals surface area contributed by atoms with Crippen molar-refractivity contribution in [2.24, 2.45) is 11.5 Å². The van der Waals surface area contributed by atoms with Crippen LogP contribution in [0.25, 0.3) is 0 Å². The van der Waals surface area contributed by atoms with Crippen LogP contribution >= 0.6 is 0 Å². The van der Waals surface area contributed by atoms with Gasteiger partial charge in [-0.05, 0) is 0 Å². The molecular formula is C5H12N2O3. The van der Waals surface area contributed by atoms with Crippen LogP contribution < -0.4 is 11.5 Å². The molecule has 5 nitrogen and oxygen atoms in total. The number of carbonyl (C=O) groups is 1. The number of methoxy groups -OCH3 is 2. The summed E-state index contributed by atoms with van der Waals surface area (Å²) >= 11 is 0. The molecule has 1 atom stereocenters. The van der Waals surface area contributed by atoms with Gasteiger partial charge in [-0.25, -0.2) is 0 Å². The van der Waals surface area contributed by atoms with Gasteiger partial charge in [0.25, 0.3) is 0 Å². The lowest BCUT2D eigenvalue weighted by Crippen LogP contribution is -2.47. The zero-order chi connectivity index (χ0) is 8.15. The maximum Gasteiger partial charge on any atom is 0.239 e. The Labute approximate surface area is 59.3 Å². The molecule has 0 radical (unpaired) electrons. The average Bonchev–Trinajstić information content (AvgIpc) is 1.90. The van der Waals surface area contributed by atoms with E-state index in [1.807, 2.05) is 0 Å². The normalized spacial score (nSPS) is 13.6. The highest BCUT2D eigenvalue weighted by molar-refractivity contribution is 5.80. The Balaban J connectivity index is 3.88. The highest BCUT2D eigenvalue weighted by Gasteiger charge is 2.21. The van der Waals surface area contributed by atoms with Gasteiger partial charge in [0.1, 0.15) is 6.04 Å². The smallest absolute Gasteiger partial charge is 0.239 e. The largest absolute Gasteiger partial charge is 0.368 e. The van der Waals surface area contributed by atoms with E-state index in [1.165, 1.54) is 14.2 Å². The third-order valence-corrected chi connectivity index (χ3v) is 1.09. The minimum atomic E-state index is -0.907. The van der Waals surface area contributed by atoms with Crippen LogP contribution in [0.2, 0.25) is 0 Å². The van der Waals surface area contributed by atoms with E-state index in [0.717, 1.165) is 0 Å². The standard InChI is InChI=1S/C5H12N2O3/c1-9-5(10-2)3(6)4(7)8/h3,5H,6H2,1-2H3,(H2,7,8). The van der Waals surface area contributed by atoms with Gasteiger partial charge < -0.3 is 20.9 Å². The van der Waals surface area contributed by atoms with E-state index in [-0.39, 0.29) is 0 Å². The average molecular weight is 148 g/mol. The molecule has 0 rings (SSSR count). The predicted octanol–water partition coefficient (Wildman–Crippen LogP) is -1.58. The first-order valence-electron chi connectivity index (χ1n) is 2.74. The van der Waals surface area contributed by atoms with Gasteiger partial charge in [0.15, 0.2) is 6.29 Å². The van der Waals surface area contributed by atoms with Crippen molar-refractivity contribution in [1.29, 1.82) is 0 Å². The summed E-state index contributed by atoms with van der Waals surface area (Å²) in [5, 5.41) is 0. The minimum absolute atomic E-state index is 0.645. The number of nitrogens with two attached hydrogens (primary N) is 2. The summed E-state index contributed by atoms with van der Waals surface area (Å²) < 4.78 is 9.35. The number of carbonyl (C=O) groups excluding carboxylic acids is 1. The number of ether oxygens (including phenoxy) is 2. The minimum Gasteiger partial charge on any atom is -0.368 e. The molecule has 0 aromatic heterocycles. The summed E-state index contributed by atoms with van der Waals surface area (Å²) in [6.07, 6.45) is -0.752. The van der Waals surface area contributed by atoms with Gasteiger partial charge in [-0.15, -0.1) is 0 Å². The van der Waals surface area contributed by atoms with Crippen molar-refractivity contribution in [2.75, 3.05) is 14.2 Å². The summed E-state index contributed by atoms with van der Waals surface area (Å²) in [7, 11) is 2.77. The Kier molecular flexibility index (Phi) is 3.94. The zero-order valence-electron chi connectivity index (χ0n) is 6.03. The van der Waals surface area contributed by atoms with Gasteiger partial charge in [0.2, 0.25) is 5.91 Å². The maximum absolute atomic E-state index is 10.4. The number of amides is 1. The molecule has 4 N–H and O–H groups in total. The molecule has 0 aliphatic heterocycles. The Bertz CT molecular complexity index is 113. The van der Waals surface area contributed by atoms with Crippen molar-refractivity contribution in [3.63, 3.8) is 0 Å². The van der Waals surface area contributed by atoms with Crippen molar-refractivity contribution < 1.29 is 14.3 Å². The lowest BCUT2D eigenvalue weighted by molar-refractivity contribution is -0.142. The van der Waals surface area contributed by atoms with E-state index >= 15 is 0 Å². The molecule has 0 heterocycles. The van der Waals surface area contributed by atoms with E-state index in [9.17, 15) is 4.79 Å². The van der Waals surface area contributed by atoms with Gasteiger partial charge in [-0.3, -0.25) is 4.79 Å². The molecule has 0 saturated carbocycles. The monoisotopic (exact) mass is 148 g/mol. The first-order valence-corrected chi connectivity index (χ1v) is 2.74. The molecule has 0 fully saturated rings. The highest BCUT2D eigenvalue weighted by Crippen LogP contribution is 1.94. The Hall–Kier alpha value is -0.650. The molecule has 0 spiro atoms. The number of hydrogen-bond donors (Lipinski definition) is 2. The zero-order valence-corrected chi connectivity index (χ0v) is 6.03. The molecule has 10 heavy (non-hydrogen) atoms. The third kappa shape index (κ3) is 2.30. The molecule has 1 unspecified atom stereocenters. The first-order chi connectivity index (χ1) is 4.63. The second-order valence-electron chi connectivity index (χ2n) is 1.77. The van der Waals surface area contributed by atoms with Gasteiger partial charge in [-0.2, -0.15) is 0 Å². The Morgan fingerprint density at radius 2 is 1.80 bits per heavy atom. The van der Waals surface area contributed by atoms with Crippen molar-refractivity contribution in [3.8, 4) is 0 Å². The molecule has 5 heteroatoms. The lowest BCUT2D eigenvalue weighted by atomic mass is 10.3. The lowest BCUT2D eigenvalue weighted by Gasteiger charge is -2.17. The van der Waals surface area contributed by atoms with Gasteiger partial charge in [0, 0.05) is 14.2 Å². The van der Waals surface area contributed by atoms with Crippen molar-refractivity contribution in [1.82, 2.24) is 0 Å². The summed E-state index contributed by atoms with van der Waals surface area (Å²) in [6.45, 7) is 0. The summed E-state index contributed by atoms with van der Waals surface area (Å²) in [5.74, 6) is -0.645. The predicted molar refractivity (Wildman–Crippen MR) is 35.0 cm³/mol. The van der Waals surface area contributed by atoms with E-state index in [1.54, 1.807) is 0 Å². The number of rotatable bonds is 4. The second-order valence-corrected chi connectivity index (χ2v) is 1.77. The molecule has 0 aromatic carbocycles. The van der Waals surface area contributed by atoms with Gasteiger partial charge in [-0.1, -0.05) is 0 Å². The fourth-order valence-electron chi connectivity index (χ4n) is 0.524. The van der Waals surface area contributed by atoms with Crippen LogP contribution in [-0.4, -0.2) is 32.5 Å². The van der Waals surface area contributed by atoms with Crippen LogP contribution in [-0.2, 0) is 14.3 Å². The SMILES string of the molecule is COC(OC)C(N)C(N)=O. The van der Waals surface area contributed by atoms with Crippen LogP contribution in [0.1, 0.15) is 0 Å². The highest BCUT2D eigenvalue weighted by atomic mass is 16.7. The van der Waals surface area contributed by atoms with Crippen LogP contribution in [0.5, 0.6) is 0 Å². The second kappa shape index (κ2) is 4.21. The fraction of sp³-hybridized carbons (Fsp3) is 0.800. The van der Waals surface area contributed by atoms with Gasteiger partial charge >= 0.3 is 0 Å². The van der Waals surface area contributed by atoms with Crippen molar-refractivity contribution >= 4 is 5.91 Å². The molecule has 0 aliphatic rings. The third-order valence-electron chi connectivity index (χ3n) is 1.09. The summed E-state index contributed by atoms with van der Waals surface area (Å²) in [6, 6.07) is -0.907. The van der Waals surface area contributed by atoms with Crippen molar-refractivity contribution in [2.45, 2.75) is 12.3 Å². The molecule has 0 saturated heterocycles. The van der Waals surface area contributed by atoms with Crippen molar-refractivity contribution in [3.05, 3.63) is 0 Å². The van der Waals surface area contributed by atoms with E-state index in [0.29, 0.717) is 0 Å². The molecule has 1 amide bonds. The topological polar surface area (TPSA) is 87.6 Å². The van der Waals surface area contributed by atoms with Crippen LogP contribution in [0.3, 0.4) is 0 Å². The van der Waals surface area contributed by atoms with Crippen LogP contribution in [0.15, 0.2) is 0 Å². The number of primary amides is 1. The van der Waals surface area contributed by atoms with Crippen LogP contribution in [0.4, 0.5) is 0 Å². The molecular weight excluding hydrogens is 136 g/mol. The quantitative estimate of drug-likeness (QED) is 0.471. The van der Waals surface area contributed by atoms with Gasteiger partial charge in [0.05, 0.1) is 0 Å². The summed E-state index contributed by atoms with van der Waals surface area (Å²) in [4.78, 5) is 10.4. The Morgan fingerprint density at radius 1 is 1.40 bits per heavy atom. The van der Waals surface area contributed by atoms with E-state index in [2.05, 4.69) is 9.47 Å². The molecule has 0 aliphatic carbocycles. The maximum atomic E-state index is 10.4. The van der Waals surface area contributed by atoms with E-state index < -0.39 is 18.2 Å². The Morgan fingerprint density at radius 3 is 1.90 bits per heavy atom. The summed E-state index contributed by atoms with van der Waals surface area (Å²) in [5.41, 5.74) is 10.1. The van der Waals surface area contributed by atoms with E-state index in [4.69, 9.17) is 11.5 Å². The fourth-order valence-corrected chi connectivity index (χ4v) is 0.524. The molecule has 60 valence electrons.